The number of rotatable bonds is 6. The van der Waals surface area contributed by atoms with Crippen LogP contribution < -0.4 is 0 Å². The zero-order valence-electron chi connectivity index (χ0n) is 7.14. The number of carbonyl (C=O) groups is 2. The summed E-state index contributed by atoms with van der Waals surface area (Å²) in [4.78, 5) is 20.2. The van der Waals surface area contributed by atoms with Gasteiger partial charge in [0.15, 0.2) is 12.1 Å². The van der Waals surface area contributed by atoms with Gasteiger partial charge in [0.05, 0.1) is 0 Å². The Morgan fingerprint density at radius 1 is 1.27 bits per heavy atom. The van der Waals surface area contributed by atoms with Crippen LogP contribution in [0.4, 0.5) is 0 Å². The van der Waals surface area contributed by atoms with Crippen LogP contribution >= 0.6 is 9.90 Å². The van der Waals surface area contributed by atoms with E-state index in [-0.39, 0.29) is 15.7 Å². The van der Waals surface area contributed by atoms with Crippen molar-refractivity contribution in [2.24, 2.45) is 0 Å². The molecule has 3 heteroatoms. The highest BCUT2D eigenvalue weighted by atomic mass is 31.0. The average molecular weight is 176 g/mol. The van der Waals surface area contributed by atoms with Gasteiger partial charge in [-0.25, -0.2) is 0 Å². The fraction of sp³-hybridized carbons (Fsp3) is 0.750. The summed E-state index contributed by atoms with van der Waals surface area (Å²) in [7, 11) is 0. The van der Waals surface area contributed by atoms with Gasteiger partial charge in [0, 0.05) is 6.42 Å². The van der Waals surface area contributed by atoms with Crippen molar-refractivity contribution in [1.82, 2.24) is 0 Å². The van der Waals surface area contributed by atoms with E-state index in [1.807, 2.05) is 0 Å². The minimum atomic E-state index is -0.267. The highest BCUT2D eigenvalue weighted by Gasteiger charge is 1.96. The predicted octanol–water partition coefficient (Wildman–Crippen LogP) is 1.78. The first-order valence-electron chi connectivity index (χ1n) is 3.79. The Morgan fingerprint density at radius 2 is 1.91 bits per heavy atom. The zero-order chi connectivity index (χ0) is 7.82. The van der Waals surface area contributed by atoms with Gasteiger partial charge in [-0.1, -0.05) is 26.2 Å². The molecule has 2 nitrogen and oxygen atoms in total. The number of aldehydes is 1. The van der Waals surface area contributed by atoms with Gasteiger partial charge in [0.25, 0.3) is 0 Å². The third-order valence-electron chi connectivity index (χ3n) is 1.41. The lowest BCUT2D eigenvalue weighted by Gasteiger charge is -1.93. The Morgan fingerprint density at radius 3 is 2.36 bits per heavy atom. The second-order valence-electron chi connectivity index (χ2n) is 2.39. The predicted molar refractivity (Wildman–Crippen MR) is 50.9 cm³/mol. The van der Waals surface area contributed by atoms with Crippen molar-refractivity contribution in [2.75, 3.05) is 0 Å². The van der Waals surface area contributed by atoms with Gasteiger partial charge in [0.2, 0.25) is 0 Å². The number of hydrogen-bond donors (Lipinski definition) is 0. The number of hydrogen-bond acceptors (Lipinski definition) is 2. The van der Waals surface area contributed by atoms with Crippen molar-refractivity contribution in [3.63, 3.8) is 0 Å². The van der Waals surface area contributed by atoms with Crippen molar-refractivity contribution in [3.8, 4) is 0 Å². The highest BCUT2D eigenvalue weighted by Crippen LogP contribution is 2.01. The minimum absolute atomic E-state index is 0. The molecule has 0 aliphatic heterocycles. The molecule has 0 amide bonds. The summed E-state index contributed by atoms with van der Waals surface area (Å²) in [5, 5.41) is 0. The molecule has 0 radical (unpaired) electrons. The van der Waals surface area contributed by atoms with E-state index >= 15 is 0 Å². The number of ketones is 1. The van der Waals surface area contributed by atoms with Crippen LogP contribution in [0.15, 0.2) is 0 Å². The SMILES string of the molecule is CCCCCCC(=O)C=O.P. The normalized spacial score (nSPS) is 8.45. The number of Topliss-reactive ketones (excluding diaryl/α,β-unsaturated/α-hetero) is 1. The molecule has 0 saturated heterocycles. The van der Waals surface area contributed by atoms with Crippen molar-refractivity contribution >= 4 is 22.0 Å². The topological polar surface area (TPSA) is 34.1 Å². The van der Waals surface area contributed by atoms with Crippen LogP contribution in [-0.2, 0) is 9.59 Å². The summed E-state index contributed by atoms with van der Waals surface area (Å²) in [5.74, 6) is -0.267. The smallest absolute Gasteiger partial charge is 0.195 e. The maximum atomic E-state index is 10.4. The summed E-state index contributed by atoms with van der Waals surface area (Å²) >= 11 is 0. The molecule has 1 atom stereocenters. The molecule has 0 fully saturated rings. The van der Waals surface area contributed by atoms with E-state index in [2.05, 4.69) is 6.92 Å². The lowest BCUT2D eigenvalue weighted by molar-refractivity contribution is -0.129. The molecule has 0 aliphatic carbocycles. The Labute approximate surface area is 71.4 Å². The fourth-order valence-corrected chi connectivity index (χ4v) is 0.785. The Hall–Kier alpha value is -0.230. The Balaban J connectivity index is 0. The lowest BCUT2D eigenvalue weighted by atomic mass is 10.1. The summed E-state index contributed by atoms with van der Waals surface area (Å²) in [6.45, 7) is 2.11. The highest BCUT2D eigenvalue weighted by molar-refractivity contribution is 6.92. The molecule has 0 heterocycles. The van der Waals surface area contributed by atoms with Gasteiger partial charge in [-0.3, -0.25) is 9.59 Å². The number of unbranched alkanes of at least 4 members (excludes halogenated alkanes) is 3. The zero-order valence-corrected chi connectivity index (χ0v) is 8.55. The Bertz CT molecular complexity index is 113. The molecular formula is C8H17O2P. The average Bonchev–Trinajstić information content (AvgIpc) is 1.98. The fourth-order valence-electron chi connectivity index (χ4n) is 0.785. The van der Waals surface area contributed by atoms with Crippen LogP contribution in [-0.4, -0.2) is 12.1 Å². The third-order valence-corrected chi connectivity index (χ3v) is 1.41. The van der Waals surface area contributed by atoms with Crippen LogP contribution in [0, 0.1) is 0 Å². The van der Waals surface area contributed by atoms with E-state index in [0.717, 1.165) is 25.7 Å². The van der Waals surface area contributed by atoms with E-state index in [4.69, 9.17) is 0 Å². The van der Waals surface area contributed by atoms with Gasteiger partial charge >= 0.3 is 0 Å². The molecule has 0 saturated carbocycles. The maximum Gasteiger partial charge on any atom is 0.195 e. The first kappa shape index (κ1) is 13.4. The molecule has 11 heavy (non-hydrogen) atoms. The van der Waals surface area contributed by atoms with E-state index < -0.39 is 0 Å². The monoisotopic (exact) mass is 176 g/mol. The Kier molecular flexibility index (Phi) is 11.9. The van der Waals surface area contributed by atoms with Crippen LogP contribution in [0.1, 0.15) is 39.0 Å². The van der Waals surface area contributed by atoms with Crippen LogP contribution in [0.5, 0.6) is 0 Å². The van der Waals surface area contributed by atoms with Gasteiger partial charge in [0.1, 0.15) is 0 Å². The first-order valence-corrected chi connectivity index (χ1v) is 3.79. The van der Waals surface area contributed by atoms with E-state index in [1.165, 1.54) is 0 Å². The molecule has 0 N–H and O–H groups in total. The quantitative estimate of drug-likeness (QED) is 0.267. The molecule has 0 bridgehead atoms. The van der Waals surface area contributed by atoms with Crippen LogP contribution in [0.25, 0.3) is 0 Å². The summed E-state index contributed by atoms with van der Waals surface area (Å²) in [5.41, 5.74) is 0. The van der Waals surface area contributed by atoms with Crippen molar-refractivity contribution < 1.29 is 9.59 Å². The molecular weight excluding hydrogens is 159 g/mol. The van der Waals surface area contributed by atoms with Gasteiger partial charge in [-0.2, -0.15) is 9.90 Å². The van der Waals surface area contributed by atoms with Gasteiger partial charge in [-0.15, -0.1) is 0 Å². The number of carbonyl (C=O) groups excluding carboxylic acids is 2. The molecule has 66 valence electrons. The molecule has 0 aliphatic rings. The third kappa shape index (κ3) is 9.77. The molecule has 0 aromatic carbocycles. The minimum Gasteiger partial charge on any atom is -0.295 e. The van der Waals surface area contributed by atoms with Gasteiger partial charge < -0.3 is 0 Å². The second kappa shape index (κ2) is 9.77. The molecule has 0 aromatic rings. The van der Waals surface area contributed by atoms with Crippen molar-refractivity contribution in [1.29, 1.82) is 0 Å². The van der Waals surface area contributed by atoms with Crippen LogP contribution in [0.3, 0.4) is 0 Å². The lowest BCUT2D eigenvalue weighted by Crippen LogP contribution is -1.97. The maximum absolute atomic E-state index is 10.4. The van der Waals surface area contributed by atoms with E-state index in [9.17, 15) is 9.59 Å². The molecule has 1 unspecified atom stereocenters. The van der Waals surface area contributed by atoms with Crippen molar-refractivity contribution in [2.45, 2.75) is 39.0 Å². The first-order chi connectivity index (χ1) is 4.81. The van der Waals surface area contributed by atoms with E-state index in [0.29, 0.717) is 12.7 Å². The van der Waals surface area contributed by atoms with Crippen molar-refractivity contribution in [3.05, 3.63) is 0 Å². The van der Waals surface area contributed by atoms with E-state index in [1.54, 1.807) is 0 Å². The standard InChI is InChI=1S/C8H14O2.H3P/c1-2-3-4-5-6-8(10)7-9;/h7H,2-6H2,1H3;1H3. The van der Waals surface area contributed by atoms with Crippen LogP contribution in [0.2, 0.25) is 0 Å². The molecule has 0 aromatic heterocycles. The second-order valence-corrected chi connectivity index (χ2v) is 2.39. The van der Waals surface area contributed by atoms with Gasteiger partial charge in [-0.05, 0) is 6.42 Å². The summed E-state index contributed by atoms with van der Waals surface area (Å²) in [6.07, 6.45) is 5.10. The summed E-state index contributed by atoms with van der Waals surface area (Å²) in [6, 6.07) is 0. The molecule has 0 rings (SSSR count). The summed E-state index contributed by atoms with van der Waals surface area (Å²) < 4.78 is 0. The molecule has 0 spiro atoms. The largest absolute Gasteiger partial charge is 0.295 e.